The first kappa shape index (κ1) is 9.44. The summed E-state index contributed by atoms with van der Waals surface area (Å²) in [5.41, 5.74) is 0. The Morgan fingerprint density at radius 2 is 2.31 bits per heavy atom. The highest BCUT2D eigenvalue weighted by Gasteiger charge is 2.28. The molecule has 0 aromatic rings. The molecule has 2 aliphatic rings. The number of hydrogen-bond donors (Lipinski definition) is 1. The molecule has 13 heavy (non-hydrogen) atoms. The highest BCUT2D eigenvalue weighted by atomic mass is 16.5. The van der Waals surface area contributed by atoms with Gasteiger partial charge < -0.3 is 10.1 Å². The molecule has 0 bridgehead atoms. The van der Waals surface area contributed by atoms with Crippen LogP contribution in [0.1, 0.15) is 19.3 Å². The van der Waals surface area contributed by atoms with Crippen LogP contribution in [-0.4, -0.2) is 50.3 Å². The van der Waals surface area contributed by atoms with E-state index in [1.807, 2.05) is 7.11 Å². The second kappa shape index (κ2) is 4.40. The van der Waals surface area contributed by atoms with Crippen molar-refractivity contribution < 1.29 is 4.74 Å². The normalized spacial score (nSPS) is 36.7. The topological polar surface area (TPSA) is 24.5 Å². The van der Waals surface area contributed by atoms with Gasteiger partial charge >= 0.3 is 0 Å². The fraction of sp³-hybridized carbons (Fsp3) is 1.00. The van der Waals surface area contributed by atoms with Crippen LogP contribution < -0.4 is 5.32 Å². The van der Waals surface area contributed by atoms with Gasteiger partial charge in [-0.1, -0.05) is 0 Å². The van der Waals surface area contributed by atoms with Crippen molar-refractivity contribution in [3.05, 3.63) is 0 Å². The fourth-order valence-electron chi connectivity index (χ4n) is 2.42. The molecule has 0 aromatic carbocycles. The largest absolute Gasteiger partial charge is 0.380 e. The van der Waals surface area contributed by atoms with Crippen molar-refractivity contribution >= 4 is 0 Å². The average Bonchev–Trinajstić information content (AvgIpc) is 2.67. The Labute approximate surface area is 80.4 Å². The summed E-state index contributed by atoms with van der Waals surface area (Å²) in [6.45, 7) is 4.75. The molecular formula is C10H20N2O. The lowest BCUT2D eigenvalue weighted by Crippen LogP contribution is -2.45. The van der Waals surface area contributed by atoms with E-state index in [0.717, 1.165) is 12.6 Å². The van der Waals surface area contributed by atoms with E-state index >= 15 is 0 Å². The molecule has 2 saturated heterocycles. The Hall–Kier alpha value is -0.120. The van der Waals surface area contributed by atoms with Gasteiger partial charge in [0.1, 0.15) is 0 Å². The molecule has 1 N–H and O–H groups in total. The molecule has 2 aliphatic heterocycles. The zero-order valence-corrected chi connectivity index (χ0v) is 8.46. The van der Waals surface area contributed by atoms with Crippen LogP contribution in [0.25, 0.3) is 0 Å². The average molecular weight is 184 g/mol. The van der Waals surface area contributed by atoms with Crippen LogP contribution in [0.4, 0.5) is 0 Å². The van der Waals surface area contributed by atoms with E-state index in [1.54, 1.807) is 0 Å². The third kappa shape index (κ3) is 2.22. The van der Waals surface area contributed by atoms with Crippen molar-refractivity contribution in [2.24, 2.45) is 0 Å². The third-order valence-corrected chi connectivity index (χ3v) is 3.30. The first-order valence-electron chi connectivity index (χ1n) is 5.37. The van der Waals surface area contributed by atoms with Crippen LogP contribution >= 0.6 is 0 Å². The zero-order chi connectivity index (χ0) is 9.10. The van der Waals surface area contributed by atoms with E-state index in [2.05, 4.69) is 10.2 Å². The van der Waals surface area contributed by atoms with Gasteiger partial charge in [-0.2, -0.15) is 0 Å². The maximum atomic E-state index is 5.37. The summed E-state index contributed by atoms with van der Waals surface area (Å²) in [4.78, 5) is 2.58. The molecule has 0 aromatic heterocycles. The minimum absolute atomic E-state index is 0.488. The molecule has 3 nitrogen and oxygen atoms in total. The summed E-state index contributed by atoms with van der Waals surface area (Å²) < 4.78 is 5.37. The Bertz CT molecular complexity index is 157. The molecule has 0 aliphatic carbocycles. The van der Waals surface area contributed by atoms with Crippen molar-refractivity contribution in [3.8, 4) is 0 Å². The monoisotopic (exact) mass is 184 g/mol. The minimum atomic E-state index is 0.488. The van der Waals surface area contributed by atoms with Gasteiger partial charge in [0.15, 0.2) is 0 Å². The van der Waals surface area contributed by atoms with Crippen molar-refractivity contribution in [2.75, 3.05) is 33.3 Å². The number of rotatable bonds is 2. The smallest absolute Gasteiger partial charge is 0.0710 e. The van der Waals surface area contributed by atoms with Crippen LogP contribution in [0.2, 0.25) is 0 Å². The van der Waals surface area contributed by atoms with E-state index in [9.17, 15) is 0 Å². The number of methoxy groups -OCH3 is 1. The molecule has 0 saturated carbocycles. The lowest BCUT2D eigenvalue weighted by molar-refractivity contribution is 0.0973. The first-order valence-corrected chi connectivity index (χ1v) is 5.37. The molecule has 3 heteroatoms. The summed E-state index contributed by atoms with van der Waals surface area (Å²) in [6, 6.07) is 0.772. The predicted octanol–water partition coefficient (Wildman–Crippen LogP) is 0.459. The Morgan fingerprint density at radius 3 is 2.92 bits per heavy atom. The van der Waals surface area contributed by atoms with Gasteiger partial charge in [0.25, 0.3) is 0 Å². The standard InChI is InChI=1S/C10H20N2O/c1-13-10-4-6-12(8-10)9-3-2-5-11-7-9/h9-11H,2-8H2,1H3. The molecule has 0 spiro atoms. The summed E-state index contributed by atoms with van der Waals surface area (Å²) in [5, 5.41) is 3.46. The molecule has 2 fully saturated rings. The summed E-state index contributed by atoms with van der Waals surface area (Å²) in [5.74, 6) is 0. The van der Waals surface area contributed by atoms with Gasteiger partial charge in [-0.25, -0.2) is 0 Å². The zero-order valence-electron chi connectivity index (χ0n) is 8.46. The first-order chi connectivity index (χ1) is 6.40. The van der Waals surface area contributed by atoms with E-state index < -0.39 is 0 Å². The molecule has 76 valence electrons. The number of nitrogens with one attached hydrogen (secondary N) is 1. The Morgan fingerprint density at radius 1 is 1.38 bits per heavy atom. The second-order valence-corrected chi connectivity index (χ2v) is 4.14. The van der Waals surface area contributed by atoms with E-state index in [-0.39, 0.29) is 0 Å². The maximum Gasteiger partial charge on any atom is 0.0710 e. The summed E-state index contributed by atoms with van der Waals surface area (Å²) >= 11 is 0. The number of likely N-dealkylation sites (tertiary alicyclic amines) is 1. The summed E-state index contributed by atoms with van der Waals surface area (Å²) in [6.07, 6.45) is 4.40. The molecule has 2 heterocycles. The van der Waals surface area contributed by atoms with Crippen molar-refractivity contribution in [1.82, 2.24) is 10.2 Å². The van der Waals surface area contributed by atoms with Gasteiger partial charge in [0.2, 0.25) is 0 Å². The molecule has 2 rings (SSSR count). The Balaban J connectivity index is 1.80. The lowest BCUT2D eigenvalue weighted by Gasteiger charge is -2.31. The highest BCUT2D eigenvalue weighted by Crippen LogP contribution is 2.18. The van der Waals surface area contributed by atoms with Crippen molar-refractivity contribution in [1.29, 1.82) is 0 Å². The maximum absolute atomic E-state index is 5.37. The van der Waals surface area contributed by atoms with Crippen LogP contribution in [0.3, 0.4) is 0 Å². The summed E-state index contributed by atoms with van der Waals surface area (Å²) in [7, 11) is 1.83. The van der Waals surface area contributed by atoms with E-state index in [4.69, 9.17) is 4.74 Å². The van der Waals surface area contributed by atoms with Crippen LogP contribution in [0, 0.1) is 0 Å². The second-order valence-electron chi connectivity index (χ2n) is 4.14. The van der Waals surface area contributed by atoms with Crippen molar-refractivity contribution in [3.63, 3.8) is 0 Å². The van der Waals surface area contributed by atoms with E-state index in [0.29, 0.717) is 6.10 Å². The Kier molecular flexibility index (Phi) is 3.19. The third-order valence-electron chi connectivity index (χ3n) is 3.30. The minimum Gasteiger partial charge on any atom is -0.380 e. The molecule has 2 atom stereocenters. The number of nitrogens with zero attached hydrogens (tertiary/aromatic N) is 1. The fourth-order valence-corrected chi connectivity index (χ4v) is 2.42. The number of piperidine rings is 1. The highest BCUT2D eigenvalue weighted by molar-refractivity contribution is 4.85. The van der Waals surface area contributed by atoms with Crippen molar-refractivity contribution in [2.45, 2.75) is 31.4 Å². The van der Waals surface area contributed by atoms with Crippen LogP contribution in [0.5, 0.6) is 0 Å². The molecule has 0 amide bonds. The SMILES string of the molecule is COC1CCN(C2CCCNC2)C1. The molecule has 2 unspecified atom stereocenters. The van der Waals surface area contributed by atoms with Crippen LogP contribution in [0.15, 0.2) is 0 Å². The van der Waals surface area contributed by atoms with Gasteiger partial charge in [-0.3, -0.25) is 4.90 Å². The van der Waals surface area contributed by atoms with Gasteiger partial charge in [0.05, 0.1) is 6.10 Å². The van der Waals surface area contributed by atoms with Crippen LogP contribution in [-0.2, 0) is 4.74 Å². The number of ether oxygens (including phenoxy) is 1. The van der Waals surface area contributed by atoms with Gasteiger partial charge in [0, 0.05) is 32.8 Å². The predicted molar refractivity (Wildman–Crippen MR) is 52.9 cm³/mol. The van der Waals surface area contributed by atoms with Gasteiger partial charge in [-0.15, -0.1) is 0 Å². The number of hydrogen-bond acceptors (Lipinski definition) is 3. The molecule has 0 radical (unpaired) electrons. The lowest BCUT2D eigenvalue weighted by atomic mass is 10.1. The van der Waals surface area contributed by atoms with Gasteiger partial charge in [-0.05, 0) is 25.8 Å². The quantitative estimate of drug-likeness (QED) is 0.675. The molecular weight excluding hydrogens is 164 g/mol. The van der Waals surface area contributed by atoms with E-state index in [1.165, 1.54) is 38.9 Å².